The van der Waals surface area contributed by atoms with E-state index in [2.05, 4.69) is 87.0 Å². The van der Waals surface area contributed by atoms with E-state index in [9.17, 15) is 4.79 Å². The molecule has 1 fully saturated rings. The number of nitrogens with zero attached hydrogens (tertiary/aromatic N) is 3. The van der Waals surface area contributed by atoms with E-state index in [1.54, 1.807) is 10.1 Å². The minimum absolute atomic E-state index is 0.0869. The molecule has 0 radical (unpaired) electrons. The number of piperazine rings is 1. The Morgan fingerprint density at radius 3 is 2.42 bits per heavy atom. The summed E-state index contributed by atoms with van der Waals surface area (Å²) in [5.74, 6) is 0.600. The molecule has 2 aromatic carbocycles. The Morgan fingerprint density at radius 1 is 1.00 bits per heavy atom. The molecule has 5 rings (SSSR count). The van der Waals surface area contributed by atoms with Gasteiger partial charge in [0.05, 0.1) is 0 Å². The molecule has 3 heterocycles. The van der Waals surface area contributed by atoms with Crippen LogP contribution in [0.15, 0.2) is 41.3 Å². The van der Waals surface area contributed by atoms with Gasteiger partial charge in [-0.05, 0) is 98.0 Å². The van der Waals surface area contributed by atoms with Crippen molar-refractivity contribution in [1.29, 1.82) is 0 Å². The normalized spacial score (nSPS) is 20.2. The lowest BCUT2D eigenvalue weighted by atomic mass is 9.90. The molecule has 0 saturated carbocycles. The summed E-state index contributed by atoms with van der Waals surface area (Å²) in [7, 11) is 1.85. The van der Waals surface area contributed by atoms with Gasteiger partial charge in [-0.1, -0.05) is 44.2 Å². The molecule has 5 nitrogen and oxygen atoms in total. The molecule has 0 aliphatic carbocycles. The summed E-state index contributed by atoms with van der Waals surface area (Å²) < 4.78 is 1.71. The first-order valence-electron chi connectivity index (χ1n) is 15.1. The summed E-state index contributed by atoms with van der Waals surface area (Å²) in [5.41, 5.74) is 13.1. The van der Waals surface area contributed by atoms with Crippen LogP contribution in [0.2, 0.25) is 0 Å². The molecule has 1 aromatic heterocycles. The summed E-state index contributed by atoms with van der Waals surface area (Å²) in [6.07, 6.45) is 3.13. The molecule has 5 heteroatoms. The highest BCUT2D eigenvalue weighted by Crippen LogP contribution is 2.31. The second-order valence-corrected chi connectivity index (χ2v) is 12.7. The summed E-state index contributed by atoms with van der Waals surface area (Å²) in [5, 5.41) is 3.62. The largest absolute Gasteiger partial charge is 0.318 e. The standard InChI is InChI=1S/C35H48N4O/c1-22(2)34-21-38(14-15-39(34)18-28-10-9-11-30-27(7)36-13-12-31(28)30)20-32-23(3)16-29(17-24(32)4)33-19-37(8)35(40)26(6)25(33)5/h9-11,16-17,19,22,27,34,36H,12-15,18,20-21H2,1-8H3. The molecule has 0 spiro atoms. The smallest absolute Gasteiger partial charge is 0.253 e. The van der Waals surface area contributed by atoms with Crippen LogP contribution in [0.3, 0.4) is 0 Å². The van der Waals surface area contributed by atoms with Gasteiger partial charge < -0.3 is 9.88 Å². The van der Waals surface area contributed by atoms with Crippen LogP contribution in [-0.2, 0) is 26.6 Å². The molecule has 40 heavy (non-hydrogen) atoms. The Labute approximate surface area is 241 Å². The minimum atomic E-state index is 0.0869. The molecule has 2 atom stereocenters. The number of benzene rings is 2. The Hall–Kier alpha value is -2.73. The Balaban J connectivity index is 1.34. The maximum Gasteiger partial charge on any atom is 0.253 e. The van der Waals surface area contributed by atoms with Crippen molar-refractivity contribution in [2.45, 2.75) is 80.1 Å². The summed E-state index contributed by atoms with van der Waals surface area (Å²) >= 11 is 0. The Morgan fingerprint density at radius 2 is 1.73 bits per heavy atom. The van der Waals surface area contributed by atoms with Crippen LogP contribution >= 0.6 is 0 Å². The number of fused-ring (bicyclic) bond motifs is 1. The van der Waals surface area contributed by atoms with Gasteiger partial charge in [0.2, 0.25) is 0 Å². The molecule has 2 unspecified atom stereocenters. The van der Waals surface area contributed by atoms with Crippen molar-refractivity contribution in [2.24, 2.45) is 13.0 Å². The second-order valence-electron chi connectivity index (χ2n) is 12.7. The molecule has 214 valence electrons. The van der Waals surface area contributed by atoms with Gasteiger partial charge in [0.1, 0.15) is 0 Å². The molecular weight excluding hydrogens is 492 g/mol. The maximum absolute atomic E-state index is 12.4. The van der Waals surface area contributed by atoms with Crippen LogP contribution in [0.1, 0.15) is 71.3 Å². The van der Waals surface area contributed by atoms with Gasteiger partial charge in [-0.25, -0.2) is 0 Å². The van der Waals surface area contributed by atoms with Gasteiger partial charge in [0.15, 0.2) is 0 Å². The van der Waals surface area contributed by atoms with Gasteiger partial charge in [-0.15, -0.1) is 0 Å². The zero-order valence-electron chi connectivity index (χ0n) is 25.9. The quantitative estimate of drug-likeness (QED) is 0.427. The Bertz CT molecular complexity index is 1430. The lowest BCUT2D eigenvalue weighted by molar-refractivity contribution is 0.0400. The highest BCUT2D eigenvalue weighted by atomic mass is 16.1. The molecule has 3 aromatic rings. The lowest BCUT2D eigenvalue weighted by Crippen LogP contribution is -2.54. The zero-order chi connectivity index (χ0) is 28.7. The van der Waals surface area contributed by atoms with Crippen molar-refractivity contribution in [3.8, 4) is 11.1 Å². The van der Waals surface area contributed by atoms with E-state index in [-0.39, 0.29) is 5.56 Å². The van der Waals surface area contributed by atoms with E-state index in [0.717, 1.165) is 62.4 Å². The third-order valence-electron chi connectivity index (χ3n) is 9.68. The van der Waals surface area contributed by atoms with Gasteiger partial charge in [-0.2, -0.15) is 0 Å². The SMILES string of the molecule is Cc1cc(-c2cn(C)c(=O)c(C)c2C)cc(C)c1CN1CCN(Cc2cccc3c2CCNC3C)C(C(C)C)C1. The number of rotatable bonds is 6. The highest BCUT2D eigenvalue weighted by Gasteiger charge is 2.31. The predicted octanol–water partition coefficient (Wildman–Crippen LogP) is 5.84. The average Bonchev–Trinajstić information content (AvgIpc) is 2.92. The van der Waals surface area contributed by atoms with Gasteiger partial charge >= 0.3 is 0 Å². The average molecular weight is 541 g/mol. The van der Waals surface area contributed by atoms with E-state index in [1.807, 2.05) is 20.2 Å². The molecule has 1 saturated heterocycles. The van der Waals surface area contributed by atoms with Crippen LogP contribution in [0, 0.1) is 33.6 Å². The van der Waals surface area contributed by atoms with Gasteiger partial charge in [-0.3, -0.25) is 14.6 Å². The molecule has 1 N–H and O–H groups in total. The third kappa shape index (κ3) is 5.57. The van der Waals surface area contributed by atoms with Crippen LogP contribution in [0.25, 0.3) is 11.1 Å². The molecular formula is C35H48N4O. The zero-order valence-corrected chi connectivity index (χ0v) is 25.9. The number of pyridine rings is 1. The number of hydrogen-bond acceptors (Lipinski definition) is 4. The van der Waals surface area contributed by atoms with Crippen LogP contribution in [0.4, 0.5) is 0 Å². The van der Waals surface area contributed by atoms with E-state index in [0.29, 0.717) is 18.0 Å². The number of nitrogens with one attached hydrogen (secondary N) is 1. The summed E-state index contributed by atoms with van der Waals surface area (Å²) in [4.78, 5) is 17.8. The summed E-state index contributed by atoms with van der Waals surface area (Å²) in [6.45, 7) is 22.0. The van der Waals surface area contributed by atoms with Crippen LogP contribution < -0.4 is 10.9 Å². The van der Waals surface area contributed by atoms with Crippen LogP contribution in [-0.4, -0.2) is 46.6 Å². The van der Waals surface area contributed by atoms with E-state index < -0.39 is 0 Å². The first-order chi connectivity index (χ1) is 19.0. The molecule has 0 amide bonds. The fourth-order valence-corrected chi connectivity index (χ4v) is 7.02. The van der Waals surface area contributed by atoms with Gasteiger partial charge in [0, 0.05) is 69.2 Å². The van der Waals surface area contributed by atoms with Crippen molar-refractivity contribution in [2.75, 3.05) is 26.2 Å². The number of aryl methyl sites for hydroxylation is 3. The fourth-order valence-electron chi connectivity index (χ4n) is 7.02. The second kappa shape index (κ2) is 11.6. The van der Waals surface area contributed by atoms with E-state index >= 15 is 0 Å². The maximum atomic E-state index is 12.4. The first kappa shape index (κ1) is 28.8. The lowest BCUT2D eigenvalue weighted by Gasteiger charge is -2.44. The van der Waals surface area contributed by atoms with Gasteiger partial charge in [0.25, 0.3) is 5.56 Å². The van der Waals surface area contributed by atoms with Crippen molar-refractivity contribution < 1.29 is 0 Å². The number of aromatic nitrogens is 1. The fraction of sp³-hybridized carbons (Fsp3) is 0.514. The molecule has 2 aliphatic heterocycles. The molecule has 0 bridgehead atoms. The third-order valence-corrected chi connectivity index (χ3v) is 9.68. The van der Waals surface area contributed by atoms with E-state index in [1.165, 1.54) is 33.4 Å². The minimum Gasteiger partial charge on any atom is -0.318 e. The Kier molecular flexibility index (Phi) is 8.37. The number of hydrogen-bond donors (Lipinski definition) is 1. The molecule has 2 aliphatic rings. The van der Waals surface area contributed by atoms with E-state index in [4.69, 9.17) is 0 Å². The summed E-state index contributed by atoms with van der Waals surface area (Å²) in [6, 6.07) is 12.6. The van der Waals surface area contributed by atoms with Crippen LogP contribution in [0.5, 0.6) is 0 Å². The topological polar surface area (TPSA) is 40.5 Å². The van der Waals surface area contributed by atoms with Crippen molar-refractivity contribution in [3.05, 3.63) is 91.4 Å². The highest BCUT2D eigenvalue weighted by molar-refractivity contribution is 5.69. The van der Waals surface area contributed by atoms with Crippen molar-refractivity contribution in [1.82, 2.24) is 19.7 Å². The monoisotopic (exact) mass is 540 g/mol. The van der Waals surface area contributed by atoms with Crippen molar-refractivity contribution in [3.63, 3.8) is 0 Å². The van der Waals surface area contributed by atoms with Crippen molar-refractivity contribution >= 4 is 0 Å². The first-order valence-corrected chi connectivity index (χ1v) is 15.1. The predicted molar refractivity (Wildman–Crippen MR) is 167 cm³/mol.